The molecule has 0 saturated carbocycles. The molecule has 25 heavy (non-hydrogen) atoms. The van der Waals surface area contributed by atoms with Crippen LogP contribution in [0.3, 0.4) is 0 Å². The Morgan fingerprint density at radius 1 is 1.48 bits per heavy atom. The minimum Gasteiger partial charge on any atom is -0.339 e. The van der Waals surface area contributed by atoms with Crippen LogP contribution in [0.1, 0.15) is 38.2 Å². The molecule has 134 valence electrons. The molecular formula is C19H25FN4O. The SMILES string of the molecule is C=CC(=O)Nc1cc2nc(N3CCCC(F)C3)n(C)c2cc1C(C)C. The van der Waals surface area contributed by atoms with Crippen molar-refractivity contribution < 1.29 is 9.18 Å². The number of fused-ring (bicyclic) bond motifs is 1. The highest BCUT2D eigenvalue weighted by Crippen LogP contribution is 2.32. The number of amides is 1. The molecule has 1 aliphatic rings. The molecule has 1 amide bonds. The molecular weight excluding hydrogens is 319 g/mol. The fourth-order valence-electron chi connectivity index (χ4n) is 3.40. The molecule has 0 bridgehead atoms. The van der Waals surface area contributed by atoms with Crippen molar-refractivity contribution in [3.8, 4) is 0 Å². The Kier molecular flexibility index (Phi) is 4.79. The number of piperidine rings is 1. The van der Waals surface area contributed by atoms with Crippen LogP contribution in [0.25, 0.3) is 11.0 Å². The van der Waals surface area contributed by atoms with E-state index in [1.807, 2.05) is 22.6 Å². The van der Waals surface area contributed by atoms with Gasteiger partial charge in [0.15, 0.2) is 0 Å². The minimum absolute atomic E-state index is 0.242. The van der Waals surface area contributed by atoms with Gasteiger partial charge in [-0.05, 0) is 42.5 Å². The molecule has 0 radical (unpaired) electrons. The highest BCUT2D eigenvalue weighted by Gasteiger charge is 2.24. The second-order valence-electron chi connectivity index (χ2n) is 6.93. The number of benzene rings is 1. The van der Waals surface area contributed by atoms with E-state index in [1.54, 1.807) is 0 Å². The van der Waals surface area contributed by atoms with Crippen LogP contribution >= 0.6 is 0 Å². The van der Waals surface area contributed by atoms with Crippen molar-refractivity contribution in [3.05, 3.63) is 30.4 Å². The van der Waals surface area contributed by atoms with Gasteiger partial charge in [-0.3, -0.25) is 4.79 Å². The van der Waals surface area contributed by atoms with Gasteiger partial charge in [-0.1, -0.05) is 20.4 Å². The Morgan fingerprint density at radius 2 is 2.24 bits per heavy atom. The van der Waals surface area contributed by atoms with E-state index in [1.165, 1.54) is 6.08 Å². The number of aromatic nitrogens is 2. The molecule has 1 saturated heterocycles. The van der Waals surface area contributed by atoms with E-state index in [4.69, 9.17) is 4.98 Å². The van der Waals surface area contributed by atoms with Gasteiger partial charge < -0.3 is 14.8 Å². The molecule has 1 aliphatic heterocycles. The van der Waals surface area contributed by atoms with Gasteiger partial charge in [0.05, 0.1) is 17.6 Å². The molecule has 1 N–H and O–H groups in total. The number of carbonyl (C=O) groups is 1. The quantitative estimate of drug-likeness (QED) is 0.859. The Bertz CT molecular complexity index is 811. The van der Waals surface area contributed by atoms with Crippen molar-refractivity contribution >= 4 is 28.6 Å². The molecule has 2 aromatic rings. The first-order chi connectivity index (χ1) is 11.9. The number of hydrogen-bond acceptors (Lipinski definition) is 3. The maximum Gasteiger partial charge on any atom is 0.247 e. The molecule has 0 aliphatic carbocycles. The lowest BCUT2D eigenvalue weighted by molar-refractivity contribution is -0.111. The second-order valence-corrected chi connectivity index (χ2v) is 6.93. The minimum atomic E-state index is -0.803. The molecule has 6 heteroatoms. The van der Waals surface area contributed by atoms with E-state index in [0.717, 1.165) is 41.2 Å². The number of imidazole rings is 1. The van der Waals surface area contributed by atoms with Crippen LogP contribution in [0.5, 0.6) is 0 Å². The van der Waals surface area contributed by atoms with Crippen molar-refractivity contribution in [1.82, 2.24) is 9.55 Å². The third kappa shape index (κ3) is 3.38. The summed E-state index contributed by atoms with van der Waals surface area (Å²) in [4.78, 5) is 18.5. The van der Waals surface area contributed by atoms with E-state index in [9.17, 15) is 9.18 Å². The number of aryl methyl sites for hydroxylation is 1. The largest absolute Gasteiger partial charge is 0.339 e. The van der Waals surface area contributed by atoms with Gasteiger partial charge in [-0.25, -0.2) is 9.37 Å². The molecule has 1 aromatic heterocycles. The van der Waals surface area contributed by atoms with Crippen LogP contribution in [-0.2, 0) is 11.8 Å². The zero-order chi connectivity index (χ0) is 18.1. The Balaban J connectivity index is 2.07. The van der Waals surface area contributed by atoms with Crippen LogP contribution in [0.2, 0.25) is 0 Å². The van der Waals surface area contributed by atoms with Gasteiger partial charge in [0.2, 0.25) is 11.9 Å². The average Bonchev–Trinajstić information content (AvgIpc) is 2.90. The van der Waals surface area contributed by atoms with Crippen molar-refractivity contribution in [1.29, 1.82) is 0 Å². The number of anilines is 2. The summed E-state index contributed by atoms with van der Waals surface area (Å²) in [7, 11) is 1.96. The summed E-state index contributed by atoms with van der Waals surface area (Å²) in [5.74, 6) is 0.779. The molecule has 1 atom stereocenters. The summed E-state index contributed by atoms with van der Waals surface area (Å²) in [6, 6.07) is 3.96. The van der Waals surface area contributed by atoms with Crippen LogP contribution in [0, 0.1) is 0 Å². The molecule has 5 nitrogen and oxygen atoms in total. The maximum atomic E-state index is 13.8. The Hall–Kier alpha value is -2.37. The number of alkyl halides is 1. The maximum absolute atomic E-state index is 13.8. The standard InChI is InChI=1S/C19H25FN4O/c1-5-18(25)21-15-10-16-17(9-14(15)12(2)3)23(4)19(22-16)24-8-6-7-13(20)11-24/h5,9-10,12-13H,1,6-8,11H2,2-4H3,(H,21,25). The molecule has 1 aromatic carbocycles. The first-order valence-corrected chi connectivity index (χ1v) is 8.73. The van der Waals surface area contributed by atoms with Gasteiger partial charge in [0.1, 0.15) is 6.17 Å². The molecule has 1 fully saturated rings. The summed E-state index contributed by atoms with van der Waals surface area (Å²) >= 11 is 0. The summed E-state index contributed by atoms with van der Waals surface area (Å²) in [6.45, 7) is 8.87. The van der Waals surface area contributed by atoms with Gasteiger partial charge in [-0.2, -0.15) is 0 Å². The fraction of sp³-hybridized carbons (Fsp3) is 0.474. The highest BCUT2D eigenvalue weighted by molar-refractivity contribution is 6.01. The van der Waals surface area contributed by atoms with Crippen LogP contribution in [-0.4, -0.2) is 34.7 Å². The first kappa shape index (κ1) is 17.5. The van der Waals surface area contributed by atoms with E-state index < -0.39 is 6.17 Å². The second kappa shape index (κ2) is 6.86. The van der Waals surface area contributed by atoms with Crippen molar-refractivity contribution in [2.24, 2.45) is 7.05 Å². The van der Waals surface area contributed by atoms with Crippen LogP contribution in [0.4, 0.5) is 16.0 Å². The number of carbonyl (C=O) groups excluding carboxylic acids is 1. The zero-order valence-corrected chi connectivity index (χ0v) is 15.1. The van der Waals surface area contributed by atoms with E-state index in [0.29, 0.717) is 13.0 Å². The Labute approximate surface area is 147 Å². The normalized spacial score (nSPS) is 18.0. The zero-order valence-electron chi connectivity index (χ0n) is 15.1. The van der Waals surface area contributed by atoms with Crippen LogP contribution in [0.15, 0.2) is 24.8 Å². The van der Waals surface area contributed by atoms with Crippen molar-refractivity contribution in [2.45, 2.75) is 38.8 Å². The third-order valence-corrected chi connectivity index (χ3v) is 4.74. The van der Waals surface area contributed by atoms with Gasteiger partial charge in [0, 0.05) is 19.3 Å². The average molecular weight is 344 g/mol. The summed E-state index contributed by atoms with van der Waals surface area (Å²) < 4.78 is 15.8. The molecule has 0 spiro atoms. The fourth-order valence-corrected chi connectivity index (χ4v) is 3.40. The molecule has 1 unspecified atom stereocenters. The summed E-state index contributed by atoms with van der Waals surface area (Å²) in [6.07, 6.45) is 1.91. The lowest BCUT2D eigenvalue weighted by Gasteiger charge is -2.29. The number of hydrogen-bond donors (Lipinski definition) is 1. The van der Waals surface area contributed by atoms with E-state index in [-0.39, 0.29) is 11.8 Å². The number of nitrogens with one attached hydrogen (secondary N) is 1. The molecule has 3 rings (SSSR count). The van der Waals surface area contributed by atoms with Crippen molar-refractivity contribution in [2.75, 3.05) is 23.3 Å². The van der Waals surface area contributed by atoms with Crippen molar-refractivity contribution in [3.63, 3.8) is 0 Å². The third-order valence-electron chi connectivity index (χ3n) is 4.74. The monoisotopic (exact) mass is 344 g/mol. The lowest BCUT2D eigenvalue weighted by atomic mass is 10.00. The topological polar surface area (TPSA) is 50.2 Å². The first-order valence-electron chi connectivity index (χ1n) is 8.73. The van der Waals surface area contributed by atoms with Crippen LogP contribution < -0.4 is 10.2 Å². The Morgan fingerprint density at radius 3 is 2.88 bits per heavy atom. The van der Waals surface area contributed by atoms with E-state index in [2.05, 4.69) is 31.8 Å². The van der Waals surface area contributed by atoms with Gasteiger partial charge >= 0.3 is 0 Å². The lowest BCUT2D eigenvalue weighted by Crippen LogP contribution is -2.37. The highest BCUT2D eigenvalue weighted by atomic mass is 19.1. The number of halogens is 1. The number of rotatable bonds is 4. The molecule has 2 heterocycles. The predicted molar refractivity (Wildman–Crippen MR) is 100.0 cm³/mol. The van der Waals surface area contributed by atoms with E-state index >= 15 is 0 Å². The predicted octanol–water partition coefficient (Wildman–Crippen LogP) is 3.76. The number of nitrogens with zero attached hydrogens (tertiary/aromatic N) is 3. The smallest absolute Gasteiger partial charge is 0.247 e. The summed E-state index contributed by atoms with van der Waals surface area (Å²) in [5.41, 5.74) is 3.57. The van der Waals surface area contributed by atoms with Gasteiger partial charge in [0.25, 0.3) is 0 Å². The summed E-state index contributed by atoms with van der Waals surface area (Å²) in [5, 5.41) is 2.87. The van der Waals surface area contributed by atoms with Gasteiger partial charge in [-0.15, -0.1) is 0 Å².